The number of hydrogen-bond donors (Lipinski definition) is 1. The number of aromatic nitrogens is 2. The number of thioether (sulfide) groups is 1. The normalized spacial score (nSPS) is 13.8. The molecular weight excluding hydrogens is 282 g/mol. The maximum absolute atomic E-state index is 5.53. The van der Waals surface area contributed by atoms with Crippen LogP contribution >= 0.6 is 11.8 Å². The van der Waals surface area contributed by atoms with Gasteiger partial charge in [-0.25, -0.2) is 9.97 Å². The van der Waals surface area contributed by atoms with Gasteiger partial charge in [0.2, 0.25) is 0 Å². The smallest absolute Gasteiger partial charge is 0.141 e. The highest BCUT2D eigenvalue weighted by Gasteiger charge is 2.17. The van der Waals surface area contributed by atoms with Crippen LogP contribution in [-0.2, 0) is 23.5 Å². The highest BCUT2D eigenvalue weighted by atomic mass is 32.2. The van der Waals surface area contributed by atoms with E-state index < -0.39 is 0 Å². The van der Waals surface area contributed by atoms with Crippen molar-refractivity contribution in [1.82, 2.24) is 9.97 Å². The lowest BCUT2D eigenvalue weighted by Gasteiger charge is -2.19. The van der Waals surface area contributed by atoms with E-state index in [1.165, 1.54) is 4.90 Å². The molecule has 2 heterocycles. The van der Waals surface area contributed by atoms with Crippen molar-refractivity contribution in [3.8, 4) is 0 Å². The highest BCUT2D eigenvalue weighted by molar-refractivity contribution is 7.98. The van der Waals surface area contributed by atoms with Gasteiger partial charge < -0.3 is 10.1 Å². The summed E-state index contributed by atoms with van der Waals surface area (Å²) in [6.45, 7) is 4.30. The fraction of sp³-hybridized carbons (Fsp3) is 0.375. The zero-order chi connectivity index (χ0) is 14.5. The minimum absolute atomic E-state index is 0.615. The lowest BCUT2D eigenvalue weighted by molar-refractivity contribution is 0.109. The van der Waals surface area contributed by atoms with Crippen LogP contribution in [0.5, 0.6) is 0 Å². The Labute approximate surface area is 129 Å². The molecule has 0 atom stereocenters. The third kappa shape index (κ3) is 3.54. The van der Waals surface area contributed by atoms with Crippen molar-refractivity contribution in [2.75, 3.05) is 18.5 Å². The van der Waals surface area contributed by atoms with E-state index in [1.54, 1.807) is 11.8 Å². The summed E-state index contributed by atoms with van der Waals surface area (Å²) in [7, 11) is 0. The van der Waals surface area contributed by atoms with Crippen LogP contribution in [0, 0.1) is 0 Å². The maximum atomic E-state index is 5.53. The Bertz CT molecular complexity index is 604. The molecule has 1 N–H and O–H groups in total. The number of nitrogens with one attached hydrogen (secondary N) is 1. The Morgan fingerprint density at radius 1 is 1.24 bits per heavy atom. The number of rotatable bonds is 5. The van der Waals surface area contributed by atoms with Gasteiger partial charge in [-0.2, -0.15) is 0 Å². The van der Waals surface area contributed by atoms with Crippen LogP contribution in [0.2, 0.25) is 0 Å². The van der Waals surface area contributed by atoms with Gasteiger partial charge >= 0.3 is 0 Å². The Morgan fingerprint density at radius 3 is 2.90 bits per heavy atom. The molecule has 0 unspecified atom stereocenters. The van der Waals surface area contributed by atoms with E-state index in [0.717, 1.165) is 48.2 Å². The van der Waals surface area contributed by atoms with Crippen LogP contribution in [0.15, 0.2) is 35.2 Å². The van der Waals surface area contributed by atoms with Crippen molar-refractivity contribution in [2.24, 2.45) is 0 Å². The van der Waals surface area contributed by atoms with E-state index in [9.17, 15) is 0 Å². The summed E-state index contributed by atoms with van der Waals surface area (Å²) in [6, 6.07) is 10.4. The van der Waals surface area contributed by atoms with Crippen LogP contribution in [0.3, 0.4) is 0 Å². The number of ether oxygens (including phenoxy) is 1. The molecule has 0 amide bonds. The Hall–Kier alpha value is -1.59. The van der Waals surface area contributed by atoms with E-state index in [-0.39, 0.29) is 0 Å². The zero-order valence-electron chi connectivity index (χ0n) is 12.1. The number of fused-ring (bicyclic) bond motifs is 1. The van der Waals surface area contributed by atoms with Crippen LogP contribution in [0.25, 0.3) is 0 Å². The summed E-state index contributed by atoms with van der Waals surface area (Å²) >= 11 is 1.77. The molecule has 0 saturated carbocycles. The van der Waals surface area contributed by atoms with Gasteiger partial charge in [-0.05, 0) is 19.1 Å². The molecule has 5 heteroatoms. The number of hydrogen-bond acceptors (Lipinski definition) is 5. The summed E-state index contributed by atoms with van der Waals surface area (Å²) in [6.07, 6.45) is 0.874. The molecule has 21 heavy (non-hydrogen) atoms. The molecule has 0 aliphatic carbocycles. The van der Waals surface area contributed by atoms with Crippen LogP contribution in [-0.4, -0.2) is 23.1 Å². The van der Waals surface area contributed by atoms with Crippen molar-refractivity contribution < 1.29 is 4.74 Å². The van der Waals surface area contributed by atoms with E-state index in [4.69, 9.17) is 9.72 Å². The summed E-state index contributed by atoms with van der Waals surface area (Å²) in [5.74, 6) is 2.61. The number of nitrogens with zero attached hydrogens (tertiary/aromatic N) is 2. The van der Waals surface area contributed by atoms with Gasteiger partial charge in [0.25, 0.3) is 0 Å². The van der Waals surface area contributed by atoms with E-state index in [1.807, 2.05) is 6.07 Å². The predicted molar refractivity (Wildman–Crippen MR) is 85.6 cm³/mol. The maximum Gasteiger partial charge on any atom is 0.141 e. The third-order valence-corrected chi connectivity index (χ3v) is 4.33. The molecule has 110 valence electrons. The molecule has 4 nitrogen and oxygen atoms in total. The SMILES string of the molecule is CCNc1nc(CSc2ccccc2)nc2c1COCC2. The van der Waals surface area contributed by atoms with Crippen LogP contribution in [0.4, 0.5) is 5.82 Å². The Kier molecular flexibility index (Phi) is 4.72. The van der Waals surface area contributed by atoms with Gasteiger partial charge in [0.1, 0.15) is 11.6 Å². The van der Waals surface area contributed by atoms with Gasteiger partial charge in [0.15, 0.2) is 0 Å². The van der Waals surface area contributed by atoms with Crippen LogP contribution < -0.4 is 5.32 Å². The average molecular weight is 301 g/mol. The fourth-order valence-electron chi connectivity index (χ4n) is 2.33. The zero-order valence-corrected chi connectivity index (χ0v) is 12.9. The fourth-order valence-corrected chi connectivity index (χ4v) is 3.10. The second-order valence-electron chi connectivity index (χ2n) is 4.85. The second kappa shape index (κ2) is 6.91. The minimum atomic E-state index is 0.615. The number of anilines is 1. The predicted octanol–water partition coefficient (Wildman–Crippen LogP) is 3.27. The summed E-state index contributed by atoms with van der Waals surface area (Å²) in [4.78, 5) is 10.6. The summed E-state index contributed by atoms with van der Waals surface area (Å²) < 4.78 is 5.53. The molecule has 3 rings (SSSR count). The van der Waals surface area contributed by atoms with Gasteiger partial charge in [-0.1, -0.05) is 18.2 Å². The number of benzene rings is 1. The molecule has 1 aromatic heterocycles. The molecule has 1 aliphatic heterocycles. The molecular formula is C16H19N3OS. The molecule has 0 saturated heterocycles. The minimum Gasteiger partial charge on any atom is -0.376 e. The monoisotopic (exact) mass is 301 g/mol. The largest absolute Gasteiger partial charge is 0.376 e. The standard InChI is InChI=1S/C16H19N3OS/c1-2-17-16-13-10-20-9-8-14(13)18-15(19-16)11-21-12-6-4-3-5-7-12/h3-7H,2,8-11H2,1H3,(H,17,18,19). The van der Waals surface area contributed by atoms with Crippen LogP contribution in [0.1, 0.15) is 24.0 Å². The first-order chi connectivity index (χ1) is 10.4. The van der Waals surface area contributed by atoms with Crippen molar-refractivity contribution in [3.63, 3.8) is 0 Å². The lowest BCUT2D eigenvalue weighted by Crippen LogP contribution is -2.17. The molecule has 1 aromatic carbocycles. The van der Waals surface area contributed by atoms with Gasteiger partial charge in [-0.3, -0.25) is 0 Å². The van der Waals surface area contributed by atoms with E-state index >= 15 is 0 Å². The van der Waals surface area contributed by atoms with E-state index in [0.29, 0.717) is 6.61 Å². The third-order valence-electron chi connectivity index (χ3n) is 3.32. The lowest BCUT2D eigenvalue weighted by atomic mass is 10.1. The van der Waals surface area contributed by atoms with Crippen molar-refractivity contribution >= 4 is 17.6 Å². The van der Waals surface area contributed by atoms with Gasteiger partial charge in [0.05, 0.1) is 24.7 Å². The Balaban J connectivity index is 1.80. The molecule has 1 aliphatic rings. The van der Waals surface area contributed by atoms with Gasteiger partial charge in [0, 0.05) is 23.4 Å². The van der Waals surface area contributed by atoms with Crippen molar-refractivity contribution in [3.05, 3.63) is 47.4 Å². The molecule has 0 spiro atoms. The van der Waals surface area contributed by atoms with E-state index in [2.05, 4.69) is 41.5 Å². The first-order valence-corrected chi connectivity index (χ1v) is 8.23. The van der Waals surface area contributed by atoms with Crippen molar-refractivity contribution in [2.45, 2.75) is 30.6 Å². The summed E-state index contributed by atoms with van der Waals surface area (Å²) in [5.41, 5.74) is 2.26. The molecule has 0 bridgehead atoms. The first-order valence-electron chi connectivity index (χ1n) is 7.25. The second-order valence-corrected chi connectivity index (χ2v) is 5.90. The first kappa shape index (κ1) is 14.4. The molecule has 0 radical (unpaired) electrons. The quantitative estimate of drug-likeness (QED) is 0.859. The molecule has 0 fully saturated rings. The summed E-state index contributed by atoms with van der Waals surface area (Å²) in [5, 5.41) is 3.33. The Morgan fingerprint density at radius 2 is 2.10 bits per heavy atom. The van der Waals surface area contributed by atoms with Crippen molar-refractivity contribution in [1.29, 1.82) is 0 Å². The highest BCUT2D eigenvalue weighted by Crippen LogP contribution is 2.25. The molecule has 2 aromatic rings. The topological polar surface area (TPSA) is 47.0 Å². The van der Waals surface area contributed by atoms with Gasteiger partial charge in [-0.15, -0.1) is 11.8 Å². The average Bonchev–Trinajstić information content (AvgIpc) is 2.54.